The van der Waals surface area contributed by atoms with Gasteiger partial charge in [0.1, 0.15) is 24.0 Å². The number of Topliss-reactive ketones (excluding diaryl/α,β-unsaturated/α-hetero) is 1. The molecule has 0 aliphatic carbocycles. The molecule has 0 saturated carbocycles. The van der Waals surface area contributed by atoms with Crippen LogP contribution in [0.15, 0.2) is 54.3 Å². The maximum Gasteiger partial charge on any atom is 0.232 e. The highest BCUT2D eigenvalue weighted by Crippen LogP contribution is 2.44. The fourth-order valence-electron chi connectivity index (χ4n) is 4.46. The third-order valence-electron chi connectivity index (χ3n) is 6.26. The largest absolute Gasteiger partial charge is 0.497 e. The van der Waals surface area contributed by atoms with E-state index in [1.165, 1.54) is 0 Å². The van der Waals surface area contributed by atoms with Gasteiger partial charge in [0.05, 0.1) is 32.5 Å². The molecule has 0 spiro atoms. The molecule has 2 aliphatic rings. The predicted molar refractivity (Wildman–Crippen MR) is 131 cm³/mol. The van der Waals surface area contributed by atoms with Crippen molar-refractivity contribution in [3.63, 3.8) is 0 Å². The number of aryl methyl sites for hydroxylation is 1. The molecule has 7 heteroatoms. The standard InChI is InChI=1S/C28H27NO6/c1-17-11-23-21(15-29(16-34-23)14-18-5-8-20(31-2)9-6-18)28-26(17)27(30)25(35-28)13-19-7-10-22(32-3)24(12-19)33-4/h5-13H,14-16H2,1-4H3/b25-13-. The molecule has 3 aromatic carbocycles. The minimum absolute atomic E-state index is 0.137. The Morgan fingerprint density at radius 2 is 1.74 bits per heavy atom. The highest BCUT2D eigenvalue weighted by molar-refractivity contribution is 6.16. The molecule has 0 amide bonds. The zero-order chi connectivity index (χ0) is 24.5. The van der Waals surface area contributed by atoms with Crippen LogP contribution in [0.2, 0.25) is 0 Å². The number of ketones is 1. The van der Waals surface area contributed by atoms with Crippen molar-refractivity contribution in [2.24, 2.45) is 0 Å². The van der Waals surface area contributed by atoms with Crippen LogP contribution in [0.25, 0.3) is 6.08 Å². The van der Waals surface area contributed by atoms with Crippen LogP contribution in [0.4, 0.5) is 0 Å². The van der Waals surface area contributed by atoms with Gasteiger partial charge < -0.3 is 23.7 Å². The lowest BCUT2D eigenvalue weighted by molar-refractivity contribution is 0.0872. The maximum absolute atomic E-state index is 13.3. The molecule has 0 fully saturated rings. The smallest absolute Gasteiger partial charge is 0.232 e. The van der Waals surface area contributed by atoms with Crippen LogP contribution < -0.4 is 23.7 Å². The summed E-state index contributed by atoms with van der Waals surface area (Å²) in [5.74, 6) is 3.50. The van der Waals surface area contributed by atoms with Gasteiger partial charge in [-0.2, -0.15) is 0 Å². The molecule has 35 heavy (non-hydrogen) atoms. The summed E-state index contributed by atoms with van der Waals surface area (Å²) in [7, 11) is 4.82. The molecule has 0 unspecified atom stereocenters. The normalized spacial score (nSPS) is 15.8. The van der Waals surface area contributed by atoms with E-state index < -0.39 is 0 Å². The Bertz CT molecular complexity index is 1310. The number of nitrogens with zero attached hydrogens (tertiary/aromatic N) is 1. The quantitative estimate of drug-likeness (QED) is 0.467. The van der Waals surface area contributed by atoms with Crippen molar-refractivity contribution < 1.29 is 28.5 Å². The van der Waals surface area contributed by atoms with Gasteiger partial charge in [0.25, 0.3) is 0 Å². The molecular formula is C28H27NO6. The average Bonchev–Trinajstić information content (AvgIpc) is 3.21. The van der Waals surface area contributed by atoms with Crippen molar-refractivity contribution in [1.29, 1.82) is 0 Å². The number of rotatable bonds is 6. The van der Waals surface area contributed by atoms with Crippen LogP contribution in [0.1, 0.15) is 32.6 Å². The van der Waals surface area contributed by atoms with Crippen LogP contribution in [0, 0.1) is 6.92 Å². The molecule has 3 aromatic rings. The second-order valence-electron chi connectivity index (χ2n) is 8.54. The van der Waals surface area contributed by atoms with Crippen molar-refractivity contribution in [1.82, 2.24) is 4.90 Å². The first-order chi connectivity index (χ1) is 17.0. The molecule has 7 nitrogen and oxygen atoms in total. The summed E-state index contributed by atoms with van der Waals surface area (Å²) in [6, 6.07) is 15.4. The van der Waals surface area contributed by atoms with E-state index in [-0.39, 0.29) is 11.5 Å². The summed E-state index contributed by atoms with van der Waals surface area (Å²) < 4.78 is 28.2. The molecule has 180 valence electrons. The molecule has 2 aliphatic heterocycles. The Morgan fingerprint density at radius 3 is 2.46 bits per heavy atom. The second-order valence-corrected chi connectivity index (χ2v) is 8.54. The van der Waals surface area contributed by atoms with E-state index in [0.29, 0.717) is 42.6 Å². The van der Waals surface area contributed by atoms with E-state index in [1.54, 1.807) is 33.5 Å². The molecule has 2 heterocycles. The lowest BCUT2D eigenvalue weighted by atomic mass is 9.98. The molecule has 0 aromatic heterocycles. The number of ether oxygens (including phenoxy) is 5. The van der Waals surface area contributed by atoms with E-state index in [1.807, 2.05) is 49.4 Å². The van der Waals surface area contributed by atoms with Crippen LogP contribution in [-0.2, 0) is 13.1 Å². The number of hydrogen-bond acceptors (Lipinski definition) is 7. The van der Waals surface area contributed by atoms with Crippen LogP contribution in [-0.4, -0.2) is 38.7 Å². The lowest BCUT2D eigenvalue weighted by Gasteiger charge is -2.30. The third kappa shape index (κ3) is 4.31. The Balaban J connectivity index is 1.43. The molecular weight excluding hydrogens is 446 g/mol. The van der Waals surface area contributed by atoms with Gasteiger partial charge in [-0.15, -0.1) is 0 Å². The van der Waals surface area contributed by atoms with Gasteiger partial charge in [-0.05, 0) is 60.0 Å². The van der Waals surface area contributed by atoms with Gasteiger partial charge in [-0.25, -0.2) is 0 Å². The number of carbonyl (C=O) groups is 1. The Kier molecular flexibility index (Phi) is 6.09. The number of methoxy groups -OCH3 is 3. The van der Waals surface area contributed by atoms with Gasteiger partial charge in [0.15, 0.2) is 17.3 Å². The first-order valence-corrected chi connectivity index (χ1v) is 11.3. The number of benzene rings is 3. The molecule has 0 radical (unpaired) electrons. The van der Waals surface area contributed by atoms with Crippen LogP contribution in [0.5, 0.6) is 28.7 Å². The lowest BCUT2D eigenvalue weighted by Crippen LogP contribution is -2.31. The summed E-state index contributed by atoms with van der Waals surface area (Å²) in [6.07, 6.45) is 1.73. The van der Waals surface area contributed by atoms with E-state index >= 15 is 0 Å². The predicted octanol–water partition coefficient (Wildman–Crippen LogP) is 4.99. The van der Waals surface area contributed by atoms with Crippen LogP contribution in [0.3, 0.4) is 0 Å². The minimum atomic E-state index is -0.137. The molecule has 0 N–H and O–H groups in total. The van der Waals surface area contributed by atoms with Crippen molar-refractivity contribution >= 4 is 11.9 Å². The van der Waals surface area contributed by atoms with Crippen molar-refractivity contribution in [2.75, 3.05) is 28.1 Å². The maximum atomic E-state index is 13.3. The molecule has 0 bridgehead atoms. The van der Waals surface area contributed by atoms with Gasteiger partial charge in [0.2, 0.25) is 5.78 Å². The summed E-state index contributed by atoms with van der Waals surface area (Å²) in [4.78, 5) is 15.5. The highest BCUT2D eigenvalue weighted by Gasteiger charge is 2.35. The van der Waals surface area contributed by atoms with Gasteiger partial charge >= 0.3 is 0 Å². The van der Waals surface area contributed by atoms with Crippen molar-refractivity contribution in [2.45, 2.75) is 20.0 Å². The Hall–Kier alpha value is -3.97. The summed E-state index contributed by atoms with van der Waals surface area (Å²) in [5, 5.41) is 0. The first-order valence-electron chi connectivity index (χ1n) is 11.3. The second kappa shape index (κ2) is 9.35. The fraction of sp³-hybridized carbons (Fsp3) is 0.250. The fourth-order valence-corrected chi connectivity index (χ4v) is 4.46. The van der Waals surface area contributed by atoms with E-state index in [4.69, 9.17) is 23.7 Å². The first kappa shape index (κ1) is 22.8. The average molecular weight is 474 g/mol. The van der Waals surface area contributed by atoms with Gasteiger partial charge in [-0.1, -0.05) is 18.2 Å². The highest BCUT2D eigenvalue weighted by atomic mass is 16.5. The van der Waals surface area contributed by atoms with Crippen molar-refractivity contribution in [3.8, 4) is 28.7 Å². The summed E-state index contributed by atoms with van der Waals surface area (Å²) in [6.45, 7) is 3.68. The van der Waals surface area contributed by atoms with Crippen molar-refractivity contribution in [3.05, 3.63) is 82.1 Å². The van der Waals surface area contributed by atoms with Gasteiger partial charge in [0, 0.05) is 13.1 Å². The minimum Gasteiger partial charge on any atom is -0.497 e. The SMILES string of the molecule is COc1ccc(CN2COc3cc(C)c4c(c3C2)O/C(=C\c2ccc(OC)c(OC)c2)C4=O)cc1. The Morgan fingerprint density at radius 1 is 0.971 bits per heavy atom. The number of carbonyl (C=O) groups excluding carboxylic acids is 1. The van der Waals surface area contributed by atoms with E-state index in [2.05, 4.69) is 4.90 Å². The third-order valence-corrected chi connectivity index (χ3v) is 6.26. The summed E-state index contributed by atoms with van der Waals surface area (Å²) >= 11 is 0. The van der Waals surface area contributed by atoms with E-state index in [9.17, 15) is 4.79 Å². The van der Waals surface area contributed by atoms with E-state index in [0.717, 1.165) is 33.8 Å². The summed E-state index contributed by atoms with van der Waals surface area (Å²) in [5.41, 5.74) is 4.23. The van der Waals surface area contributed by atoms with Crippen LogP contribution >= 0.6 is 0 Å². The monoisotopic (exact) mass is 473 g/mol. The number of hydrogen-bond donors (Lipinski definition) is 0. The topological polar surface area (TPSA) is 66.5 Å². The molecule has 0 atom stereocenters. The molecule has 5 rings (SSSR count). The van der Waals surface area contributed by atoms with Gasteiger partial charge in [-0.3, -0.25) is 9.69 Å². The zero-order valence-electron chi connectivity index (χ0n) is 20.2. The number of allylic oxidation sites excluding steroid dienone is 1. The number of fused-ring (bicyclic) bond motifs is 3. The Labute approximate surface area is 204 Å². The zero-order valence-corrected chi connectivity index (χ0v) is 20.2. The molecule has 0 saturated heterocycles.